The van der Waals surface area contributed by atoms with Gasteiger partial charge in [0.25, 0.3) is 0 Å². The summed E-state index contributed by atoms with van der Waals surface area (Å²) in [5.41, 5.74) is 23.0. The van der Waals surface area contributed by atoms with Crippen molar-refractivity contribution >= 4 is 34.1 Å². The van der Waals surface area contributed by atoms with E-state index in [9.17, 15) is 0 Å². The molecule has 2 heteroatoms. The fourth-order valence-corrected chi connectivity index (χ4v) is 8.00. The van der Waals surface area contributed by atoms with Gasteiger partial charge in [0, 0.05) is 22.7 Å². The molecule has 0 spiro atoms. The summed E-state index contributed by atoms with van der Waals surface area (Å²) in [4.78, 5) is 4.90. The molecule has 54 heavy (non-hydrogen) atoms. The van der Waals surface area contributed by atoms with Crippen molar-refractivity contribution in [2.24, 2.45) is 0 Å². The number of aryl methyl sites for hydroxylation is 10. The van der Waals surface area contributed by atoms with Crippen LogP contribution in [0.1, 0.15) is 95.2 Å². The molecule has 0 aliphatic heterocycles. The van der Waals surface area contributed by atoms with Gasteiger partial charge in [0.1, 0.15) is 0 Å². The molecule has 0 atom stereocenters. The maximum atomic E-state index is 2.45. The molecule has 0 unspecified atom stereocenters. The molecule has 0 bridgehead atoms. The van der Waals surface area contributed by atoms with Crippen LogP contribution in [0.15, 0.2) is 109 Å². The van der Waals surface area contributed by atoms with E-state index in [0.29, 0.717) is 0 Å². The van der Waals surface area contributed by atoms with Crippen LogP contribution in [0.3, 0.4) is 0 Å². The van der Waals surface area contributed by atoms with Crippen molar-refractivity contribution in [3.8, 4) is 11.1 Å². The molecule has 0 radical (unpaired) electrons. The number of hydrogen-bond acceptors (Lipinski definition) is 2. The summed E-state index contributed by atoms with van der Waals surface area (Å²) in [6.45, 7) is 22.4. The molecule has 0 aliphatic carbocycles. The Morgan fingerprint density at radius 2 is 0.648 bits per heavy atom. The monoisotopic (exact) mass is 712 g/mol. The second kappa shape index (κ2) is 16.9. The molecule has 0 saturated heterocycles. The molecule has 0 N–H and O–H groups in total. The molecule has 0 fully saturated rings. The normalized spacial score (nSPS) is 11.2. The summed E-state index contributed by atoms with van der Waals surface area (Å²) in [5, 5.41) is 0. The van der Waals surface area contributed by atoms with Crippen molar-refractivity contribution in [1.82, 2.24) is 0 Å². The smallest absolute Gasteiger partial charge is 0.0520 e. The van der Waals surface area contributed by atoms with E-state index in [1.54, 1.807) is 0 Å². The largest absolute Gasteiger partial charge is 0.310 e. The molecule has 6 aromatic carbocycles. The molecule has 0 aromatic heterocycles. The van der Waals surface area contributed by atoms with Gasteiger partial charge in [-0.05, 0) is 196 Å². The van der Waals surface area contributed by atoms with Crippen LogP contribution in [0, 0.1) is 55.4 Å². The first-order valence-electron chi connectivity index (χ1n) is 20.1. The Labute approximate surface area is 326 Å². The lowest BCUT2D eigenvalue weighted by molar-refractivity contribution is 0.794. The van der Waals surface area contributed by atoms with Crippen LogP contribution < -0.4 is 9.80 Å². The summed E-state index contributed by atoms with van der Waals surface area (Å²) in [7, 11) is 0. The van der Waals surface area contributed by atoms with E-state index in [0.717, 1.165) is 12.8 Å². The van der Waals surface area contributed by atoms with Gasteiger partial charge in [-0.1, -0.05) is 87.4 Å². The molecular weight excluding hydrogens is 653 g/mol. The highest BCUT2D eigenvalue weighted by atomic mass is 15.2. The van der Waals surface area contributed by atoms with Crippen LogP contribution in [-0.4, -0.2) is 0 Å². The van der Waals surface area contributed by atoms with Crippen LogP contribution in [0.2, 0.25) is 0 Å². The van der Waals surface area contributed by atoms with Crippen LogP contribution in [0.25, 0.3) is 11.1 Å². The van der Waals surface area contributed by atoms with Gasteiger partial charge in [0.15, 0.2) is 0 Å². The summed E-state index contributed by atoms with van der Waals surface area (Å²) in [5.74, 6) is 0. The minimum absolute atomic E-state index is 1.13. The number of nitrogens with zero attached hydrogens (tertiary/aromatic N) is 2. The molecule has 0 aliphatic rings. The zero-order valence-electron chi connectivity index (χ0n) is 34.5. The minimum Gasteiger partial charge on any atom is -0.310 e. The van der Waals surface area contributed by atoms with Gasteiger partial charge in [-0.25, -0.2) is 0 Å². The van der Waals surface area contributed by atoms with Crippen molar-refractivity contribution in [2.75, 3.05) is 9.80 Å². The van der Waals surface area contributed by atoms with Crippen LogP contribution in [-0.2, 0) is 12.8 Å². The van der Waals surface area contributed by atoms with Crippen LogP contribution in [0.4, 0.5) is 34.1 Å². The first kappa shape index (κ1) is 38.6. The molecular formula is C52H60N2. The molecule has 0 amide bonds. The number of hydrogen-bond donors (Lipinski definition) is 0. The van der Waals surface area contributed by atoms with Gasteiger partial charge >= 0.3 is 0 Å². The standard InChI is InChI=1S/C52H60N2/c1-11-13-15-43-29-39(7)51(40(8)30-43)53(49-23-17-35(3)37(5)33-49)47-25-19-45(20-26-47)46-21-27-48(28-22-46)54(50-24-18-36(4)38(6)34-50)52-41(9)31-44(16-14-12-2)32-42(52)10/h17-34H,11-16H2,1-10H3. The topological polar surface area (TPSA) is 6.48 Å². The third kappa shape index (κ3) is 8.34. The minimum atomic E-state index is 1.13. The van der Waals surface area contributed by atoms with Gasteiger partial charge in [-0.15, -0.1) is 0 Å². The highest BCUT2D eigenvalue weighted by Crippen LogP contribution is 2.43. The molecule has 0 heterocycles. The Hall–Kier alpha value is -5.08. The summed E-state index contributed by atoms with van der Waals surface area (Å²) >= 11 is 0. The lowest BCUT2D eigenvalue weighted by atomic mass is 9.97. The van der Waals surface area contributed by atoms with E-state index in [1.165, 1.54) is 127 Å². The Kier molecular flexibility index (Phi) is 12.1. The number of benzene rings is 6. The molecule has 6 rings (SSSR count). The third-order valence-corrected chi connectivity index (χ3v) is 11.3. The predicted octanol–water partition coefficient (Wildman–Crippen LogP) is 15.4. The fraction of sp³-hybridized carbons (Fsp3) is 0.308. The quantitative estimate of drug-likeness (QED) is 0.118. The fourth-order valence-electron chi connectivity index (χ4n) is 8.00. The van der Waals surface area contributed by atoms with E-state index < -0.39 is 0 Å². The first-order chi connectivity index (χ1) is 26.0. The van der Waals surface area contributed by atoms with Crippen molar-refractivity contribution in [1.29, 1.82) is 0 Å². The third-order valence-electron chi connectivity index (χ3n) is 11.3. The highest BCUT2D eigenvalue weighted by Gasteiger charge is 2.20. The van der Waals surface area contributed by atoms with Gasteiger partial charge in [0.2, 0.25) is 0 Å². The summed E-state index contributed by atoms with van der Waals surface area (Å²) < 4.78 is 0. The van der Waals surface area contributed by atoms with Crippen LogP contribution >= 0.6 is 0 Å². The van der Waals surface area contributed by atoms with Crippen LogP contribution in [0.5, 0.6) is 0 Å². The molecule has 0 saturated carbocycles. The lowest BCUT2D eigenvalue weighted by Gasteiger charge is -2.30. The van der Waals surface area contributed by atoms with Gasteiger partial charge < -0.3 is 9.80 Å². The Morgan fingerprint density at radius 3 is 0.944 bits per heavy atom. The van der Waals surface area contributed by atoms with E-state index in [-0.39, 0.29) is 0 Å². The SMILES string of the molecule is CCCCc1cc(C)c(N(c2ccc(-c3ccc(N(c4ccc(C)c(C)c4)c4c(C)cc(CCCC)cc4C)cc3)cc2)c2ccc(C)c(C)c2)c(C)c1. The predicted molar refractivity (Wildman–Crippen MR) is 236 cm³/mol. The lowest BCUT2D eigenvalue weighted by Crippen LogP contribution is -2.14. The zero-order chi connectivity index (χ0) is 38.5. The second-order valence-electron chi connectivity index (χ2n) is 15.7. The van der Waals surface area contributed by atoms with E-state index in [4.69, 9.17) is 0 Å². The zero-order valence-corrected chi connectivity index (χ0v) is 34.5. The van der Waals surface area contributed by atoms with Crippen molar-refractivity contribution in [2.45, 2.75) is 108 Å². The second-order valence-corrected chi connectivity index (χ2v) is 15.7. The van der Waals surface area contributed by atoms with E-state index in [1.807, 2.05) is 0 Å². The Balaban J connectivity index is 1.37. The number of rotatable bonds is 13. The van der Waals surface area contributed by atoms with Gasteiger partial charge in [-0.3, -0.25) is 0 Å². The average Bonchev–Trinajstić information content (AvgIpc) is 3.15. The summed E-state index contributed by atoms with van der Waals surface area (Å²) in [6.07, 6.45) is 7.11. The van der Waals surface area contributed by atoms with Crippen molar-refractivity contribution in [3.05, 3.63) is 165 Å². The van der Waals surface area contributed by atoms with Gasteiger partial charge in [0.05, 0.1) is 11.4 Å². The average molecular weight is 713 g/mol. The first-order valence-corrected chi connectivity index (χ1v) is 20.1. The van der Waals surface area contributed by atoms with E-state index in [2.05, 4.69) is 188 Å². The van der Waals surface area contributed by atoms with Gasteiger partial charge in [-0.2, -0.15) is 0 Å². The highest BCUT2D eigenvalue weighted by molar-refractivity contribution is 5.84. The maximum Gasteiger partial charge on any atom is 0.0520 e. The Bertz CT molecular complexity index is 2020. The molecule has 278 valence electrons. The van der Waals surface area contributed by atoms with Crippen molar-refractivity contribution < 1.29 is 0 Å². The van der Waals surface area contributed by atoms with Crippen molar-refractivity contribution in [3.63, 3.8) is 0 Å². The number of unbranched alkanes of at least 4 members (excludes halogenated alkanes) is 2. The maximum absolute atomic E-state index is 2.45. The molecule has 2 nitrogen and oxygen atoms in total. The summed E-state index contributed by atoms with van der Waals surface area (Å²) in [6, 6.07) is 41.5. The van der Waals surface area contributed by atoms with E-state index >= 15 is 0 Å². The number of anilines is 6. The molecule has 6 aromatic rings. The Morgan fingerprint density at radius 1 is 0.333 bits per heavy atom.